The zero-order valence-corrected chi connectivity index (χ0v) is 15.5. The minimum Gasteiger partial charge on any atom is -0.493 e. The lowest BCUT2D eigenvalue weighted by molar-refractivity contribution is -0.133. The molecular weight excluding hydrogens is 350 g/mol. The van der Waals surface area contributed by atoms with Crippen molar-refractivity contribution in [2.45, 2.75) is 6.42 Å². The Kier molecular flexibility index (Phi) is 6.22. The van der Waals surface area contributed by atoms with Crippen molar-refractivity contribution in [2.24, 2.45) is 0 Å². The van der Waals surface area contributed by atoms with Gasteiger partial charge < -0.3 is 9.47 Å². The molecule has 0 radical (unpaired) electrons. The number of nitriles is 1. The van der Waals surface area contributed by atoms with E-state index in [0.717, 1.165) is 16.7 Å². The lowest BCUT2D eigenvalue weighted by Crippen LogP contribution is -2.11. The van der Waals surface area contributed by atoms with Crippen molar-refractivity contribution in [1.29, 1.82) is 5.26 Å². The molecule has 0 aliphatic heterocycles. The van der Waals surface area contributed by atoms with E-state index >= 15 is 0 Å². The molecule has 138 valence electrons. The minimum atomic E-state index is -0.366. The number of nitrogens with zero attached hydrogens (tertiary/aromatic N) is 1. The van der Waals surface area contributed by atoms with Crippen LogP contribution in [0.15, 0.2) is 78.9 Å². The van der Waals surface area contributed by atoms with E-state index in [1.165, 1.54) is 7.11 Å². The number of hydrogen-bond donors (Lipinski definition) is 0. The quantitative estimate of drug-likeness (QED) is 0.268. The topological polar surface area (TPSA) is 59.3 Å². The Morgan fingerprint density at radius 3 is 2.29 bits per heavy atom. The molecule has 0 N–H and O–H groups in total. The molecule has 0 saturated carbocycles. The Morgan fingerprint density at radius 1 is 0.964 bits per heavy atom. The fraction of sp³-hybridized carbons (Fsp3) is 0.0833. The maximum atomic E-state index is 12.2. The second-order valence-electron chi connectivity index (χ2n) is 6.08. The first-order valence-electron chi connectivity index (χ1n) is 8.79. The number of allylic oxidation sites excluding steroid dienone is 1. The summed E-state index contributed by atoms with van der Waals surface area (Å²) in [6.45, 7) is 0. The first kappa shape index (κ1) is 18.9. The maximum absolute atomic E-state index is 12.2. The van der Waals surface area contributed by atoms with Crippen LogP contribution in [-0.2, 0) is 11.2 Å². The Hall–Kier alpha value is -3.84. The Bertz CT molecular complexity index is 1020. The lowest BCUT2D eigenvalue weighted by atomic mass is 10.0. The van der Waals surface area contributed by atoms with E-state index in [1.54, 1.807) is 24.3 Å². The third-order valence-electron chi connectivity index (χ3n) is 4.12. The average molecular weight is 369 g/mol. The van der Waals surface area contributed by atoms with Gasteiger partial charge in [-0.05, 0) is 34.9 Å². The molecule has 0 unspecified atom stereocenters. The smallest absolute Gasteiger partial charge is 0.315 e. The summed E-state index contributed by atoms with van der Waals surface area (Å²) < 4.78 is 10.8. The highest BCUT2D eigenvalue weighted by Gasteiger charge is 2.12. The van der Waals surface area contributed by atoms with E-state index < -0.39 is 0 Å². The predicted molar refractivity (Wildman–Crippen MR) is 109 cm³/mol. The zero-order valence-electron chi connectivity index (χ0n) is 15.5. The summed E-state index contributed by atoms with van der Waals surface area (Å²) in [7, 11) is 1.51. The fourth-order valence-electron chi connectivity index (χ4n) is 2.74. The van der Waals surface area contributed by atoms with Gasteiger partial charge in [0.15, 0.2) is 11.5 Å². The van der Waals surface area contributed by atoms with Gasteiger partial charge in [0.1, 0.15) is 0 Å². The van der Waals surface area contributed by atoms with Crippen LogP contribution in [-0.4, -0.2) is 13.1 Å². The number of carbonyl (C=O) groups is 1. The molecule has 0 heterocycles. The van der Waals surface area contributed by atoms with Crippen LogP contribution in [0.1, 0.15) is 16.7 Å². The molecule has 4 heteroatoms. The Morgan fingerprint density at radius 2 is 1.64 bits per heavy atom. The van der Waals surface area contributed by atoms with Crippen LogP contribution in [0.3, 0.4) is 0 Å². The fourth-order valence-corrected chi connectivity index (χ4v) is 2.74. The second-order valence-corrected chi connectivity index (χ2v) is 6.08. The normalized spacial score (nSPS) is 10.8. The standard InChI is InChI=1S/C24H19NO3/c1-27-23-15-19(14-21(17-25)20-10-6-3-7-11-20)12-13-22(23)28-24(26)16-18-8-4-2-5-9-18/h2-15H,16H2,1H3. The third-order valence-corrected chi connectivity index (χ3v) is 4.12. The van der Waals surface area contributed by atoms with Crippen LogP contribution in [0.5, 0.6) is 11.5 Å². The molecule has 3 aromatic rings. The van der Waals surface area contributed by atoms with Crippen LogP contribution in [0.2, 0.25) is 0 Å². The summed E-state index contributed by atoms with van der Waals surface area (Å²) >= 11 is 0. The number of rotatable bonds is 6. The zero-order chi connectivity index (χ0) is 19.8. The first-order valence-corrected chi connectivity index (χ1v) is 8.79. The maximum Gasteiger partial charge on any atom is 0.315 e. The number of ether oxygens (including phenoxy) is 2. The van der Waals surface area contributed by atoms with E-state index in [4.69, 9.17) is 9.47 Å². The van der Waals surface area contributed by atoms with Crippen molar-refractivity contribution in [2.75, 3.05) is 7.11 Å². The molecular formula is C24H19NO3. The summed E-state index contributed by atoms with van der Waals surface area (Å²) in [5, 5.41) is 9.46. The van der Waals surface area contributed by atoms with Gasteiger partial charge in [-0.15, -0.1) is 0 Å². The van der Waals surface area contributed by atoms with Crippen LogP contribution < -0.4 is 9.47 Å². The van der Waals surface area contributed by atoms with Gasteiger partial charge in [-0.3, -0.25) is 4.79 Å². The molecule has 4 nitrogen and oxygen atoms in total. The minimum absolute atomic E-state index is 0.179. The molecule has 0 aromatic heterocycles. The summed E-state index contributed by atoms with van der Waals surface area (Å²) in [5.41, 5.74) is 3.03. The number of methoxy groups -OCH3 is 1. The Balaban J connectivity index is 1.79. The molecule has 3 rings (SSSR count). The van der Waals surface area contributed by atoms with Crippen LogP contribution in [0, 0.1) is 11.3 Å². The largest absolute Gasteiger partial charge is 0.493 e. The lowest BCUT2D eigenvalue weighted by Gasteiger charge is -2.10. The number of esters is 1. The summed E-state index contributed by atoms with van der Waals surface area (Å²) in [6.07, 6.45) is 1.95. The van der Waals surface area contributed by atoms with Gasteiger partial charge in [-0.25, -0.2) is 0 Å². The van der Waals surface area contributed by atoms with Gasteiger partial charge in [0, 0.05) is 0 Å². The molecule has 0 fully saturated rings. The van der Waals surface area contributed by atoms with Crippen molar-refractivity contribution in [3.05, 3.63) is 95.6 Å². The SMILES string of the molecule is COc1cc(C=C(C#N)c2ccccc2)ccc1OC(=O)Cc1ccccc1. The van der Waals surface area contributed by atoms with Crippen molar-refractivity contribution in [1.82, 2.24) is 0 Å². The van der Waals surface area contributed by atoms with E-state index in [-0.39, 0.29) is 12.4 Å². The Labute approximate surface area is 164 Å². The molecule has 0 saturated heterocycles. The van der Waals surface area contributed by atoms with Gasteiger partial charge in [0.05, 0.1) is 25.2 Å². The molecule has 0 atom stereocenters. The highest BCUT2D eigenvalue weighted by Crippen LogP contribution is 2.30. The summed E-state index contributed by atoms with van der Waals surface area (Å²) in [6, 6.07) is 26.3. The summed E-state index contributed by atoms with van der Waals surface area (Å²) in [5.74, 6) is 0.411. The predicted octanol–water partition coefficient (Wildman–Crippen LogP) is 4.91. The number of carbonyl (C=O) groups excluding carboxylic acids is 1. The highest BCUT2D eigenvalue weighted by molar-refractivity contribution is 5.90. The van der Waals surface area contributed by atoms with Gasteiger partial charge in [0.2, 0.25) is 0 Å². The average Bonchev–Trinajstić information content (AvgIpc) is 2.74. The van der Waals surface area contributed by atoms with Crippen LogP contribution in [0.4, 0.5) is 0 Å². The van der Waals surface area contributed by atoms with Crippen molar-refractivity contribution >= 4 is 17.6 Å². The van der Waals surface area contributed by atoms with Gasteiger partial charge in [0.25, 0.3) is 0 Å². The third kappa shape index (κ3) is 4.87. The van der Waals surface area contributed by atoms with Crippen molar-refractivity contribution in [3.8, 4) is 17.6 Å². The van der Waals surface area contributed by atoms with Crippen LogP contribution in [0.25, 0.3) is 11.6 Å². The number of hydrogen-bond acceptors (Lipinski definition) is 4. The van der Waals surface area contributed by atoms with E-state index in [1.807, 2.05) is 60.7 Å². The van der Waals surface area contributed by atoms with E-state index in [0.29, 0.717) is 17.1 Å². The molecule has 0 bridgehead atoms. The van der Waals surface area contributed by atoms with Gasteiger partial charge >= 0.3 is 5.97 Å². The molecule has 3 aromatic carbocycles. The summed E-state index contributed by atoms with van der Waals surface area (Å²) in [4.78, 5) is 12.2. The van der Waals surface area contributed by atoms with Crippen LogP contribution >= 0.6 is 0 Å². The van der Waals surface area contributed by atoms with E-state index in [2.05, 4.69) is 6.07 Å². The highest BCUT2D eigenvalue weighted by atomic mass is 16.6. The van der Waals surface area contributed by atoms with E-state index in [9.17, 15) is 10.1 Å². The second kappa shape index (κ2) is 9.20. The molecule has 0 spiro atoms. The van der Waals surface area contributed by atoms with Crippen molar-refractivity contribution < 1.29 is 14.3 Å². The first-order chi connectivity index (χ1) is 13.7. The van der Waals surface area contributed by atoms with Gasteiger partial charge in [-0.1, -0.05) is 66.7 Å². The molecule has 28 heavy (non-hydrogen) atoms. The van der Waals surface area contributed by atoms with Crippen molar-refractivity contribution in [3.63, 3.8) is 0 Å². The molecule has 0 aliphatic carbocycles. The molecule has 0 aliphatic rings. The monoisotopic (exact) mass is 369 g/mol. The van der Waals surface area contributed by atoms with Gasteiger partial charge in [-0.2, -0.15) is 5.26 Å². The molecule has 0 amide bonds. The number of benzene rings is 3.